The Balaban J connectivity index is 2.19. The molecule has 1 aliphatic heterocycles. The molecule has 1 aliphatic rings. The van der Waals surface area contributed by atoms with E-state index in [2.05, 4.69) is 9.97 Å². The summed E-state index contributed by atoms with van der Waals surface area (Å²) in [5.41, 5.74) is 0.729. The van der Waals surface area contributed by atoms with E-state index < -0.39 is 0 Å². The summed E-state index contributed by atoms with van der Waals surface area (Å²) in [5.74, 6) is 0.435. The summed E-state index contributed by atoms with van der Waals surface area (Å²) in [6.45, 7) is 1.57. The Morgan fingerprint density at radius 2 is 2.23 bits per heavy atom. The number of rotatable bonds is 1. The smallest absolute Gasteiger partial charge is 0.345 e. The minimum atomic E-state index is -0.260. The zero-order chi connectivity index (χ0) is 9.10. The fourth-order valence-corrected chi connectivity index (χ4v) is 1.63. The highest BCUT2D eigenvalue weighted by Crippen LogP contribution is 2.23. The average molecular weight is 180 g/mol. The minimum Gasteiger partial charge on any atom is -0.381 e. The molecular formula is C9H12N2O2. The van der Waals surface area contributed by atoms with E-state index in [1.165, 1.54) is 0 Å². The zero-order valence-corrected chi connectivity index (χ0v) is 7.32. The Kier molecular flexibility index (Phi) is 2.40. The molecule has 0 aromatic carbocycles. The van der Waals surface area contributed by atoms with E-state index in [-0.39, 0.29) is 5.69 Å². The van der Waals surface area contributed by atoms with Crippen molar-refractivity contribution in [1.82, 2.24) is 9.97 Å². The third-order valence-electron chi connectivity index (χ3n) is 2.36. The van der Waals surface area contributed by atoms with Crippen molar-refractivity contribution in [2.75, 3.05) is 13.2 Å². The molecule has 13 heavy (non-hydrogen) atoms. The maximum absolute atomic E-state index is 10.9. The molecule has 4 heteroatoms. The van der Waals surface area contributed by atoms with Crippen molar-refractivity contribution in [2.24, 2.45) is 0 Å². The Labute approximate surface area is 76.0 Å². The lowest BCUT2D eigenvalue weighted by molar-refractivity contribution is 0.0844. The van der Waals surface area contributed by atoms with Crippen molar-refractivity contribution in [1.29, 1.82) is 0 Å². The maximum atomic E-state index is 10.9. The van der Waals surface area contributed by atoms with Crippen molar-refractivity contribution in [3.8, 4) is 0 Å². The number of H-pyrrole nitrogens is 1. The van der Waals surface area contributed by atoms with Crippen LogP contribution in [-0.4, -0.2) is 23.2 Å². The summed E-state index contributed by atoms with van der Waals surface area (Å²) in [4.78, 5) is 17.3. The summed E-state index contributed by atoms with van der Waals surface area (Å²) >= 11 is 0. The predicted octanol–water partition coefficient (Wildman–Crippen LogP) is 0.664. The molecule has 0 saturated carbocycles. The van der Waals surface area contributed by atoms with E-state index in [1.807, 2.05) is 6.07 Å². The number of nitrogens with zero attached hydrogens (tertiary/aromatic N) is 1. The van der Waals surface area contributed by atoms with Gasteiger partial charge in [-0.3, -0.25) is 0 Å². The van der Waals surface area contributed by atoms with Crippen LogP contribution in [0.5, 0.6) is 0 Å². The van der Waals surface area contributed by atoms with Crippen LogP contribution in [0.3, 0.4) is 0 Å². The highest BCUT2D eigenvalue weighted by Gasteiger charge is 2.16. The normalized spacial score (nSPS) is 18.8. The first kappa shape index (κ1) is 8.44. The maximum Gasteiger partial charge on any atom is 0.345 e. The van der Waals surface area contributed by atoms with Crippen molar-refractivity contribution in [3.05, 3.63) is 28.4 Å². The Morgan fingerprint density at radius 1 is 1.46 bits per heavy atom. The molecule has 1 aromatic heterocycles. The first-order chi connectivity index (χ1) is 6.36. The van der Waals surface area contributed by atoms with Crippen LogP contribution in [0.15, 0.2) is 17.1 Å². The molecule has 4 nitrogen and oxygen atoms in total. The summed E-state index contributed by atoms with van der Waals surface area (Å²) in [5, 5.41) is 0. The zero-order valence-electron chi connectivity index (χ0n) is 7.32. The molecule has 1 saturated heterocycles. The van der Waals surface area contributed by atoms with Crippen LogP contribution in [0.1, 0.15) is 24.5 Å². The SMILES string of the molecule is O=c1nccc(C2CCOCC2)[nH]1. The highest BCUT2D eigenvalue weighted by atomic mass is 16.5. The number of hydrogen-bond acceptors (Lipinski definition) is 3. The monoisotopic (exact) mass is 180 g/mol. The standard InChI is InChI=1S/C9H12N2O2/c12-9-10-4-1-8(11-9)7-2-5-13-6-3-7/h1,4,7H,2-3,5-6H2,(H,10,11,12). The van der Waals surface area contributed by atoms with E-state index >= 15 is 0 Å². The quantitative estimate of drug-likeness (QED) is 0.690. The fourth-order valence-electron chi connectivity index (χ4n) is 1.63. The molecular weight excluding hydrogens is 168 g/mol. The molecule has 0 unspecified atom stereocenters. The third-order valence-corrected chi connectivity index (χ3v) is 2.36. The second kappa shape index (κ2) is 3.70. The van der Waals surface area contributed by atoms with Crippen LogP contribution in [-0.2, 0) is 4.74 Å². The molecule has 1 N–H and O–H groups in total. The number of hydrogen-bond donors (Lipinski definition) is 1. The Morgan fingerprint density at radius 3 is 2.92 bits per heavy atom. The Bertz CT molecular complexity index is 328. The number of nitrogens with one attached hydrogen (secondary N) is 1. The third kappa shape index (κ3) is 1.95. The van der Waals surface area contributed by atoms with E-state index in [1.54, 1.807) is 6.20 Å². The molecule has 0 bridgehead atoms. The van der Waals surface area contributed by atoms with Crippen molar-refractivity contribution in [3.63, 3.8) is 0 Å². The average Bonchev–Trinajstić information content (AvgIpc) is 2.19. The van der Waals surface area contributed by atoms with E-state index in [9.17, 15) is 4.79 Å². The van der Waals surface area contributed by atoms with Gasteiger partial charge in [0, 0.05) is 31.0 Å². The molecule has 2 rings (SSSR count). The van der Waals surface area contributed by atoms with Crippen molar-refractivity contribution < 1.29 is 4.74 Å². The first-order valence-electron chi connectivity index (χ1n) is 4.49. The topological polar surface area (TPSA) is 55.0 Å². The second-order valence-corrected chi connectivity index (χ2v) is 3.22. The number of aromatic nitrogens is 2. The van der Waals surface area contributed by atoms with E-state index in [4.69, 9.17) is 4.74 Å². The van der Waals surface area contributed by atoms with Crippen LogP contribution in [0.25, 0.3) is 0 Å². The lowest BCUT2D eigenvalue weighted by Gasteiger charge is -2.21. The van der Waals surface area contributed by atoms with Crippen molar-refractivity contribution >= 4 is 0 Å². The predicted molar refractivity (Wildman–Crippen MR) is 47.7 cm³/mol. The molecule has 1 aromatic rings. The van der Waals surface area contributed by atoms with Gasteiger partial charge in [-0.1, -0.05) is 0 Å². The highest BCUT2D eigenvalue weighted by molar-refractivity contribution is 5.06. The molecule has 0 radical (unpaired) electrons. The molecule has 0 spiro atoms. The van der Waals surface area contributed by atoms with Crippen LogP contribution >= 0.6 is 0 Å². The molecule has 0 amide bonds. The first-order valence-corrected chi connectivity index (χ1v) is 4.49. The summed E-state index contributed by atoms with van der Waals surface area (Å²) in [6, 6.07) is 1.87. The fraction of sp³-hybridized carbons (Fsp3) is 0.556. The van der Waals surface area contributed by atoms with E-state index in [0.29, 0.717) is 5.92 Å². The van der Waals surface area contributed by atoms with Crippen molar-refractivity contribution in [2.45, 2.75) is 18.8 Å². The lowest BCUT2D eigenvalue weighted by Crippen LogP contribution is -2.19. The second-order valence-electron chi connectivity index (χ2n) is 3.22. The van der Waals surface area contributed by atoms with Gasteiger partial charge >= 0.3 is 5.69 Å². The van der Waals surface area contributed by atoms with Gasteiger partial charge in [-0.05, 0) is 18.9 Å². The van der Waals surface area contributed by atoms with Crippen LogP contribution in [0.2, 0.25) is 0 Å². The van der Waals surface area contributed by atoms with E-state index in [0.717, 1.165) is 31.7 Å². The molecule has 1 fully saturated rings. The number of ether oxygens (including phenoxy) is 1. The molecule has 70 valence electrons. The van der Waals surface area contributed by atoms with Gasteiger partial charge in [0.2, 0.25) is 0 Å². The molecule has 0 aliphatic carbocycles. The molecule has 0 atom stereocenters. The van der Waals surface area contributed by atoms with Gasteiger partial charge in [0.05, 0.1) is 0 Å². The van der Waals surface area contributed by atoms with Gasteiger partial charge in [0.15, 0.2) is 0 Å². The largest absolute Gasteiger partial charge is 0.381 e. The van der Waals surface area contributed by atoms with Gasteiger partial charge in [-0.15, -0.1) is 0 Å². The summed E-state index contributed by atoms with van der Waals surface area (Å²) < 4.78 is 5.24. The summed E-state index contributed by atoms with van der Waals surface area (Å²) in [7, 11) is 0. The molecule has 2 heterocycles. The summed E-state index contributed by atoms with van der Waals surface area (Å²) in [6.07, 6.45) is 3.53. The van der Waals surface area contributed by atoms with Gasteiger partial charge in [0.1, 0.15) is 0 Å². The lowest BCUT2D eigenvalue weighted by atomic mass is 9.96. The van der Waals surface area contributed by atoms with Crippen LogP contribution in [0, 0.1) is 0 Å². The minimum absolute atomic E-state index is 0.260. The van der Waals surface area contributed by atoms with Gasteiger partial charge in [-0.25, -0.2) is 9.78 Å². The van der Waals surface area contributed by atoms with Crippen LogP contribution in [0.4, 0.5) is 0 Å². The van der Waals surface area contributed by atoms with Crippen LogP contribution < -0.4 is 5.69 Å². The van der Waals surface area contributed by atoms with Gasteiger partial charge in [-0.2, -0.15) is 0 Å². The Hall–Kier alpha value is -1.16. The number of aromatic amines is 1. The van der Waals surface area contributed by atoms with Gasteiger partial charge in [0.25, 0.3) is 0 Å². The van der Waals surface area contributed by atoms with Gasteiger partial charge < -0.3 is 9.72 Å².